The topological polar surface area (TPSA) is 78.0 Å². The molecule has 0 radical (unpaired) electrons. The van der Waals surface area contributed by atoms with Crippen LogP contribution in [0.1, 0.15) is 27.1 Å². The van der Waals surface area contributed by atoms with Crippen molar-refractivity contribution in [3.8, 4) is 17.2 Å². The fraction of sp³-hybridized carbons (Fsp3) is 0.227. The van der Waals surface area contributed by atoms with Crippen LogP contribution in [0.3, 0.4) is 0 Å². The summed E-state index contributed by atoms with van der Waals surface area (Å²) in [4.78, 5) is 30.4. The van der Waals surface area contributed by atoms with Gasteiger partial charge in [0.1, 0.15) is 5.75 Å². The standard InChI is InChI=1S/C22H20N2O5/c1-27-19-12-16-17(13-20(19)28-2)23-9-8-18(16)29-11-5-10-24-21(25)14-6-3-4-7-15(14)22(24)26/h3-4,6-9,12-13H,5,10-11H2,1-2H3. The third kappa shape index (κ3) is 3.35. The molecule has 0 unspecified atom stereocenters. The van der Waals surface area contributed by atoms with Gasteiger partial charge in [0.2, 0.25) is 0 Å². The predicted octanol–water partition coefficient (Wildman–Crippen LogP) is 3.32. The number of nitrogens with zero attached hydrogens (tertiary/aromatic N) is 2. The summed E-state index contributed by atoms with van der Waals surface area (Å²) in [5.74, 6) is 1.33. The lowest BCUT2D eigenvalue weighted by Gasteiger charge is -2.15. The number of rotatable bonds is 7. The van der Waals surface area contributed by atoms with Gasteiger partial charge in [0, 0.05) is 24.2 Å². The first-order chi connectivity index (χ1) is 14.1. The number of aromatic nitrogens is 1. The van der Waals surface area contributed by atoms with E-state index in [-0.39, 0.29) is 11.8 Å². The Kier molecular flexibility index (Phi) is 5.03. The molecule has 1 aliphatic rings. The van der Waals surface area contributed by atoms with Crippen molar-refractivity contribution in [1.29, 1.82) is 0 Å². The molecule has 2 amide bonds. The molecule has 148 valence electrons. The van der Waals surface area contributed by atoms with Crippen LogP contribution in [0, 0.1) is 0 Å². The van der Waals surface area contributed by atoms with Gasteiger partial charge in [0.05, 0.1) is 37.5 Å². The van der Waals surface area contributed by atoms with E-state index in [0.717, 1.165) is 10.9 Å². The molecule has 1 aliphatic heterocycles. The highest BCUT2D eigenvalue weighted by Gasteiger charge is 2.34. The van der Waals surface area contributed by atoms with E-state index >= 15 is 0 Å². The summed E-state index contributed by atoms with van der Waals surface area (Å²) < 4.78 is 16.6. The van der Waals surface area contributed by atoms with Crippen molar-refractivity contribution < 1.29 is 23.8 Å². The molecule has 7 heteroatoms. The molecule has 0 saturated heterocycles. The Balaban J connectivity index is 1.43. The average Bonchev–Trinajstić information content (AvgIpc) is 3.00. The van der Waals surface area contributed by atoms with Crippen LogP contribution in [0.4, 0.5) is 0 Å². The van der Waals surface area contributed by atoms with Crippen molar-refractivity contribution in [2.75, 3.05) is 27.4 Å². The van der Waals surface area contributed by atoms with Gasteiger partial charge in [-0.3, -0.25) is 19.5 Å². The first-order valence-corrected chi connectivity index (χ1v) is 9.23. The number of hydrogen-bond acceptors (Lipinski definition) is 6. The Morgan fingerprint density at radius 1 is 0.897 bits per heavy atom. The van der Waals surface area contributed by atoms with E-state index in [9.17, 15) is 9.59 Å². The predicted molar refractivity (Wildman–Crippen MR) is 107 cm³/mol. The minimum absolute atomic E-state index is 0.253. The summed E-state index contributed by atoms with van der Waals surface area (Å²) in [6.07, 6.45) is 2.18. The van der Waals surface area contributed by atoms with E-state index in [4.69, 9.17) is 14.2 Å². The molecule has 0 atom stereocenters. The zero-order valence-electron chi connectivity index (χ0n) is 16.2. The highest BCUT2D eigenvalue weighted by atomic mass is 16.5. The smallest absolute Gasteiger partial charge is 0.261 e. The van der Waals surface area contributed by atoms with E-state index < -0.39 is 0 Å². The zero-order chi connectivity index (χ0) is 20.4. The number of fused-ring (bicyclic) bond motifs is 2. The van der Waals surface area contributed by atoms with Crippen molar-refractivity contribution in [3.05, 3.63) is 59.8 Å². The Bertz CT molecular complexity index is 1060. The van der Waals surface area contributed by atoms with Gasteiger partial charge in [-0.25, -0.2) is 0 Å². The Morgan fingerprint density at radius 2 is 1.55 bits per heavy atom. The summed E-state index contributed by atoms with van der Waals surface area (Å²) in [7, 11) is 3.14. The number of pyridine rings is 1. The number of methoxy groups -OCH3 is 2. The second kappa shape index (κ2) is 7.79. The quantitative estimate of drug-likeness (QED) is 0.453. The van der Waals surface area contributed by atoms with Crippen LogP contribution in [0.25, 0.3) is 10.9 Å². The molecule has 0 bridgehead atoms. The number of imide groups is 1. The van der Waals surface area contributed by atoms with Gasteiger partial charge < -0.3 is 14.2 Å². The Hall–Kier alpha value is -3.61. The monoisotopic (exact) mass is 392 g/mol. The lowest BCUT2D eigenvalue weighted by Crippen LogP contribution is -2.31. The van der Waals surface area contributed by atoms with Crippen molar-refractivity contribution in [3.63, 3.8) is 0 Å². The van der Waals surface area contributed by atoms with Gasteiger partial charge in [-0.1, -0.05) is 12.1 Å². The summed E-state index contributed by atoms with van der Waals surface area (Å²) in [6.45, 7) is 0.646. The van der Waals surface area contributed by atoms with Crippen molar-refractivity contribution in [1.82, 2.24) is 9.88 Å². The Morgan fingerprint density at radius 3 is 2.21 bits per heavy atom. The number of benzene rings is 2. The third-order valence-electron chi connectivity index (χ3n) is 4.87. The lowest BCUT2D eigenvalue weighted by atomic mass is 10.1. The SMILES string of the molecule is COc1cc2nccc(OCCCN3C(=O)c4ccccc4C3=O)c2cc1OC. The minimum atomic E-state index is -0.253. The van der Waals surface area contributed by atoms with E-state index in [1.807, 2.05) is 6.07 Å². The van der Waals surface area contributed by atoms with Gasteiger partial charge in [-0.05, 0) is 30.7 Å². The molecule has 2 heterocycles. The first-order valence-electron chi connectivity index (χ1n) is 9.23. The summed E-state index contributed by atoms with van der Waals surface area (Å²) in [5, 5.41) is 0.797. The lowest BCUT2D eigenvalue weighted by molar-refractivity contribution is 0.0647. The molecule has 1 aromatic heterocycles. The maximum absolute atomic E-state index is 12.4. The van der Waals surface area contributed by atoms with E-state index in [2.05, 4.69) is 4.98 Å². The maximum Gasteiger partial charge on any atom is 0.261 e. The van der Waals surface area contributed by atoms with Crippen LogP contribution in [0.5, 0.6) is 17.2 Å². The number of carbonyl (C=O) groups is 2. The molecule has 0 saturated carbocycles. The van der Waals surface area contributed by atoms with Crippen LogP contribution >= 0.6 is 0 Å². The van der Waals surface area contributed by atoms with Crippen LogP contribution in [0.2, 0.25) is 0 Å². The second-order valence-electron chi connectivity index (χ2n) is 6.54. The second-order valence-corrected chi connectivity index (χ2v) is 6.54. The number of carbonyl (C=O) groups excluding carboxylic acids is 2. The van der Waals surface area contributed by atoms with Crippen molar-refractivity contribution >= 4 is 22.7 Å². The highest BCUT2D eigenvalue weighted by molar-refractivity contribution is 6.21. The molecule has 4 rings (SSSR count). The van der Waals surface area contributed by atoms with Gasteiger partial charge in [0.25, 0.3) is 11.8 Å². The van der Waals surface area contributed by atoms with Crippen molar-refractivity contribution in [2.24, 2.45) is 0 Å². The van der Waals surface area contributed by atoms with Crippen LogP contribution in [-0.4, -0.2) is 49.1 Å². The summed E-state index contributed by atoms with van der Waals surface area (Å²) in [6, 6.07) is 12.3. The highest BCUT2D eigenvalue weighted by Crippen LogP contribution is 2.35. The molecule has 0 N–H and O–H groups in total. The molecule has 29 heavy (non-hydrogen) atoms. The third-order valence-corrected chi connectivity index (χ3v) is 4.87. The average molecular weight is 392 g/mol. The van der Waals surface area contributed by atoms with Crippen molar-refractivity contribution in [2.45, 2.75) is 6.42 Å². The molecule has 0 spiro atoms. The van der Waals surface area contributed by atoms with Crippen LogP contribution in [-0.2, 0) is 0 Å². The molecular weight excluding hydrogens is 372 g/mol. The van der Waals surface area contributed by atoms with E-state index in [1.165, 1.54) is 4.90 Å². The van der Waals surface area contributed by atoms with E-state index in [1.54, 1.807) is 56.8 Å². The van der Waals surface area contributed by atoms with Gasteiger partial charge in [-0.2, -0.15) is 0 Å². The van der Waals surface area contributed by atoms with Gasteiger partial charge >= 0.3 is 0 Å². The number of amides is 2. The molecule has 0 fully saturated rings. The molecule has 7 nitrogen and oxygen atoms in total. The first kappa shape index (κ1) is 18.7. The fourth-order valence-electron chi connectivity index (χ4n) is 3.42. The fourth-order valence-corrected chi connectivity index (χ4v) is 3.42. The molecule has 2 aromatic carbocycles. The van der Waals surface area contributed by atoms with Crippen LogP contribution < -0.4 is 14.2 Å². The maximum atomic E-state index is 12.4. The largest absolute Gasteiger partial charge is 0.493 e. The van der Waals surface area contributed by atoms with Crippen LogP contribution in [0.15, 0.2) is 48.7 Å². The number of hydrogen-bond donors (Lipinski definition) is 0. The minimum Gasteiger partial charge on any atom is -0.493 e. The zero-order valence-corrected chi connectivity index (χ0v) is 16.2. The van der Waals surface area contributed by atoms with Gasteiger partial charge in [-0.15, -0.1) is 0 Å². The number of ether oxygens (including phenoxy) is 3. The van der Waals surface area contributed by atoms with Gasteiger partial charge in [0.15, 0.2) is 11.5 Å². The Labute approximate surface area is 167 Å². The van der Waals surface area contributed by atoms with E-state index in [0.29, 0.717) is 47.9 Å². The molecule has 3 aromatic rings. The molecule has 0 aliphatic carbocycles. The summed E-state index contributed by atoms with van der Waals surface area (Å²) in [5.41, 5.74) is 1.64. The molecular formula is C22H20N2O5. The normalized spacial score (nSPS) is 13.0. The summed E-state index contributed by atoms with van der Waals surface area (Å²) >= 11 is 0.